The molecule has 0 aromatic heterocycles. The van der Waals surface area contributed by atoms with E-state index in [9.17, 15) is 0 Å². The molecule has 0 bridgehead atoms. The van der Waals surface area contributed by atoms with E-state index >= 15 is 0 Å². The van der Waals surface area contributed by atoms with Crippen LogP contribution in [0.25, 0.3) is 0 Å². The zero-order valence-corrected chi connectivity index (χ0v) is 32.9. The Hall–Kier alpha value is -1.68. The van der Waals surface area contributed by atoms with Gasteiger partial charge in [-0.25, -0.2) is 0 Å². The largest absolute Gasteiger partial charge is 0.488 e. The topological polar surface area (TPSA) is 55.4 Å². The highest BCUT2D eigenvalue weighted by atomic mass is 79.9. The minimum Gasteiger partial charge on any atom is -0.488 e. The highest BCUT2D eigenvalue weighted by Gasteiger charge is 2.31. The second kappa shape index (κ2) is 17.6. The van der Waals surface area contributed by atoms with Crippen LogP contribution in [0.2, 0.25) is 0 Å². The van der Waals surface area contributed by atoms with Gasteiger partial charge >= 0.3 is 0 Å². The molecular formula is C38H56Br2O6. The maximum absolute atomic E-state index is 6.32. The quantitative estimate of drug-likeness (QED) is 0.105. The molecule has 0 spiro atoms. The number of halogens is 2. The van der Waals surface area contributed by atoms with Crippen LogP contribution in [0.15, 0.2) is 58.5 Å². The average Bonchev–Trinajstić information content (AvgIpc) is 2.95. The summed E-state index contributed by atoms with van der Waals surface area (Å²) in [5.74, 6) is 1.54. The van der Waals surface area contributed by atoms with E-state index in [0.717, 1.165) is 31.6 Å². The van der Waals surface area contributed by atoms with Crippen LogP contribution in [-0.4, -0.2) is 52.9 Å². The van der Waals surface area contributed by atoms with E-state index in [1.165, 1.54) is 11.1 Å². The normalized spacial score (nSPS) is 12.7. The predicted octanol–water partition coefficient (Wildman–Crippen LogP) is 10.2. The first-order valence-corrected chi connectivity index (χ1v) is 17.5. The first-order chi connectivity index (χ1) is 21.3. The molecular weight excluding hydrogens is 712 g/mol. The van der Waals surface area contributed by atoms with Crippen molar-refractivity contribution in [2.24, 2.45) is 0 Å². The van der Waals surface area contributed by atoms with Gasteiger partial charge in [-0.05, 0) is 106 Å². The zero-order valence-electron chi connectivity index (χ0n) is 29.7. The highest BCUT2D eigenvalue weighted by Crippen LogP contribution is 2.43. The van der Waals surface area contributed by atoms with E-state index in [2.05, 4.69) is 139 Å². The summed E-state index contributed by atoms with van der Waals surface area (Å²) in [5.41, 5.74) is 3.13. The molecule has 0 aliphatic rings. The summed E-state index contributed by atoms with van der Waals surface area (Å²) in [4.78, 5) is 0. The Morgan fingerprint density at radius 3 is 1.17 bits per heavy atom. The molecule has 0 saturated heterocycles. The lowest BCUT2D eigenvalue weighted by molar-refractivity contribution is -0.0687. The first kappa shape index (κ1) is 40.5. The minimum atomic E-state index is -0.594. The van der Waals surface area contributed by atoms with Crippen molar-refractivity contribution in [3.63, 3.8) is 0 Å². The van der Waals surface area contributed by atoms with Crippen molar-refractivity contribution in [3.8, 4) is 11.5 Å². The molecule has 46 heavy (non-hydrogen) atoms. The summed E-state index contributed by atoms with van der Waals surface area (Å²) in [6.45, 7) is 32.5. The van der Waals surface area contributed by atoms with Gasteiger partial charge in [0.1, 0.15) is 24.7 Å². The Morgan fingerprint density at radius 2 is 0.870 bits per heavy atom. The van der Waals surface area contributed by atoms with Gasteiger partial charge in [0, 0.05) is 11.1 Å². The summed E-state index contributed by atoms with van der Waals surface area (Å²) >= 11 is 7.43. The number of ether oxygens (including phenoxy) is 6. The van der Waals surface area contributed by atoms with Crippen LogP contribution in [0.3, 0.4) is 0 Å². The summed E-state index contributed by atoms with van der Waals surface area (Å²) < 4.78 is 38.2. The van der Waals surface area contributed by atoms with Crippen molar-refractivity contribution in [1.29, 1.82) is 0 Å². The maximum Gasteiger partial charge on any atom is 0.140 e. The molecule has 0 amide bonds. The highest BCUT2D eigenvalue weighted by molar-refractivity contribution is 9.11. The molecule has 0 fully saturated rings. The average molecular weight is 769 g/mol. The molecule has 0 N–H and O–H groups in total. The molecule has 0 radical (unpaired) electrons. The second-order valence-electron chi connectivity index (χ2n) is 14.3. The van der Waals surface area contributed by atoms with Gasteiger partial charge in [0.15, 0.2) is 0 Å². The van der Waals surface area contributed by atoms with Crippen LogP contribution in [0.4, 0.5) is 0 Å². The molecule has 0 unspecified atom stereocenters. The van der Waals surface area contributed by atoms with E-state index in [0.29, 0.717) is 52.9 Å². The Balaban J connectivity index is 1.86. The first-order valence-electron chi connectivity index (χ1n) is 15.9. The van der Waals surface area contributed by atoms with Crippen molar-refractivity contribution in [1.82, 2.24) is 0 Å². The molecule has 0 saturated carbocycles. The SMILES string of the molecule is C=CCOc1c(Br)cc(C(C)(C)C)cc1C(C)(C)OCCOCCOCCOC(C)(C)c1cc(C(C)(C)C)cc(Br)c1OCC=C. The summed E-state index contributed by atoms with van der Waals surface area (Å²) in [5, 5.41) is 0. The lowest BCUT2D eigenvalue weighted by Crippen LogP contribution is -2.27. The van der Waals surface area contributed by atoms with Crippen LogP contribution in [0.1, 0.15) is 91.5 Å². The van der Waals surface area contributed by atoms with Gasteiger partial charge in [0.05, 0.1) is 59.8 Å². The number of benzene rings is 2. The van der Waals surface area contributed by atoms with E-state index in [1.807, 2.05) is 0 Å². The fourth-order valence-corrected chi connectivity index (χ4v) is 5.86. The van der Waals surface area contributed by atoms with E-state index in [1.54, 1.807) is 12.2 Å². The van der Waals surface area contributed by atoms with Crippen LogP contribution in [-0.2, 0) is 41.0 Å². The molecule has 0 aliphatic carbocycles. The molecule has 6 nitrogen and oxygen atoms in total. The van der Waals surface area contributed by atoms with Gasteiger partial charge in [0.25, 0.3) is 0 Å². The van der Waals surface area contributed by atoms with Gasteiger partial charge in [-0.3, -0.25) is 0 Å². The van der Waals surface area contributed by atoms with Gasteiger partial charge in [0.2, 0.25) is 0 Å². The molecule has 0 aliphatic heterocycles. The number of hydrogen-bond acceptors (Lipinski definition) is 6. The van der Waals surface area contributed by atoms with Gasteiger partial charge in [-0.15, -0.1) is 0 Å². The molecule has 2 rings (SSSR count). The lowest BCUT2D eigenvalue weighted by Gasteiger charge is -2.31. The molecule has 0 heterocycles. The van der Waals surface area contributed by atoms with Gasteiger partial charge < -0.3 is 28.4 Å². The zero-order chi connectivity index (χ0) is 34.8. The van der Waals surface area contributed by atoms with Crippen LogP contribution in [0, 0.1) is 0 Å². The fourth-order valence-electron chi connectivity index (χ4n) is 4.71. The maximum atomic E-state index is 6.32. The van der Waals surface area contributed by atoms with Crippen LogP contribution < -0.4 is 9.47 Å². The fraction of sp³-hybridized carbons (Fsp3) is 0.579. The van der Waals surface area contributed by atoms with Crippen molar-refractivity contribution in [3.05, 3.63) is 80.8 Å². The van der Waals surface area contributed by atoms with Crippen LogP contribution >= 0.6 is 31.9 Å². The number of rotatable bonds is 19. The predicted molar refractivity (Wildman–Crippen MR) is 197 cm³/mol. The third-order valence-electron chi connectivity index (χ3n) is 7.56. The summed E-state index contributed by atoms with van der Waals surface area (Å²) in [7, 11) is 0. The third-order valence-corrected chi connectivity index (χ3v) is 8.74. The van der Waals surface area contributed by atoms with Crippen molar-refractivity contribution in [2.75, 3.05) is 52.9 Å². The smallest absolute Gasteiger partial charge is 0.140 e. The van der Waals surface area contributed by atoms with Crippen LogP contribution in [0.5, 0.6) is 11.5 Å². The monoisotopic (exact) mass is 766 g/mol. The van der Waals surface area contributed by atoms with E-state index < -0.39 is 11.2 Å². The second-order valence-corrected chi connectivity index (χ2v) is 16.0. The Bertz CT molecular complexity index is 1190. The molecule has 0 atom stereocenters. The summed E-state index contributed by atoms with van der Waals surface area (Å²) in [6, 6.07) is 8.59. The minimum absolute atomic E-state index is 0.0224. The standard InChI is InChI=1S/C38H56Br2O6/c1-13-15-43-33-29(23-27(25-31(33)39)35(3,4)5)37(9,10)45-21-19-41-17-18-42-20-22-46-38(11,12)30-24-28(36(6,7)8)26-32(40)34(30)44-16-14-2/h13-14,23-26H,1-2,15-22H2,3-12H3. The Kier molecular flexibility index (Phi) is 15.5. The molecule has 2 aromatic rings. The van der Waals surface area contributed by atoms with Crippen molar-refractivity contribution in [2.45, 2.75) is 91.3 Å². The number of hydrogen-bond donors (Lipinski definition) is 0. The van der Waals surface area contributed by atoms with E-state index in [4.69, 9.17) is 28.4 Å². The summed E-state index contributed by atoms with van der Waals surface area (Å²) in [6.07, 6.45) is 3.48. The Morgan fingerprint density at radius 1 is 0.543 bits per heavy atom. The Labute approximate surface area is 295 Å². The van der Waals surface area contributed by atoms with Gasteiger partial charge in [-0.1, -0.05) is 66.9 Å². The lowest BCUT2D eigenvalue weighted by atomic mass is 9.83. The van der Waals surface area contributed by atoms with Crippen molar-refractivity contribution >= 4 is 31.9 Å². The van der Waals surface area contributed by atoms with Gasteiger partial charge in [-0.2, -0.15) is 0 Å². The molecule has 8 heteroatoms. The molecule has 2 aromatic carbocycles. The molecule has 258 valence electrons. The van der Waals surface area contributed by atoms with Crippen molar-refractivity contribution < 1.29 is 28.4 Å². The third kappa shape index (κ3) is 12.1. The van der Waals surface area contributed by atoms with E-state index in [-0.39, 0.29) is 10.8 Å².